The molecule has 1 saturated heterocycles. The summed E-state index contributed by atoms with van der Waals surface area (Å²) in [7, 11) is 1.90. The Labute approximate surface area is 210 Å². The largest absolute Gasteiger partial charge is 0.371 e. The van der Waals surface area contributed by atoms with Crippen molar-refractivity contribution in [1.82, 2.24) is 25.0 Å². The number of fused-ring (bicyclic) bond motifs is 2. The molecule has 0 radical (unpaired) electrons. The summed E-state index contributed by atoms with van der Waals surface area (Å²) in [4.78, 5) is 21.8. The Balaban J connectivity index is 0.952. The van der Waals surface area contributed by atoms with Crippen LogP contribution in [0.25, 0.3) is 10.9 Å². The van der Waals surface area contributed by atoms with Gasteiger partial charge in [-0.1, -0.05) is 6.07 Å². The van der Waals surface area contributed by atoms with Gasteiger partial charge in [0.25, 0.3) is 5.91 Å². The molecule has 8 heteroatoms. The number of hydrogen-bond acceptors (Lipinski definition) is 6. The Hall–Kier alpha value is -2.29. The summed E-state index contributed by atoms with van der Waals surface area (Å²) in [5, 5.41) is 9.96. The molecule has 0 spiro atoms. The van der Waals surface area contributed by atoms with Gasteiger partial charge in [0.2, 0.25) is 0 Å². The molecule has 1 aromatic carbocycles. The quantitative estimate of drug-likeness (QED) is 0.543. The molecule has 0 bridgehead atoms. The molecule has 1 unspecified atom stereocenters. The highest BCUT2D eigenvalue weighted by atomic mass is 32.1. The fourth-order valence-corrected chi connectivity index (χ4v) is 7.03. The van der Waals surface area contributed by atoms with Crippen LogP contribution in [0.5, 0.6) is 0 Å². The van der Waals surface area contributed by atoms with Crippen LogP contribution in [0.2, 0.25) is 0 Å². The van der Waals surface area contributed by atoms with Crippen LogP contribution in [0.3, 0.4) is 0 Å². The summed E-state index contributed by atoms with van der Waals surface area (Å²) >= 11 is 1.88. The van der Waals surface area contributed by atoms with Gasteiger partial charge in [-0.15, -0.1) is 11.3 Å². The van der Waals surface area contributed by atoms with Crippen LogP contribution in [-0.2, 0) is 24.8 Å². The molecule has 1 atom stereocenters. The van der Waals surface area contributed by atoms with Crippen LogP contribution in [0, 0.1) is 5.92 Å². The molecule has 1 N–H and O–H groups in total. The third-order valence-electron chi connectivity index (χ3n) is 7.95. The SMILES string of the molecule is Cn1cc2ccc(C(=O)NC3CCC(CCN4CCc5sc(C6CCCO6)nc5C4)CC3)cc2n1. The molecule has 2 aromatic heterocycles. The van der Waals surface area contributed by atoms with Crippen molar-refractivity contribution in [3.63, 3.8) is 0 Å². The lowest BCUT2D eigenvalue weighted by Gasteiger charge is -2.32. The molecule has 6 rings (SSSR count). The number of nitrogens with one attached hydrogen (secondary N) is 1. The number of aryl methyl sites for hydroxylation is 1. The average molecular weight is 494 g/mol. The van der Waals surface area contributed by atoms with Gasteiger partial charge < -0.3 is 10.1 Å². The molecule has 186 valence electrons. The monoisotopic (exact) mass is 493 g/mol. The molecular formula is C27H35N5O2S. The normalized spacial score (nSPS) is 25.1. The van der Waals surface area contributed by atoms with E-state index in [1.807, 2.05) is 42.8 Å². The third-order valence-corrected chi connectivity index (χ3v) is 9.20. The first kappa shape index (κ1) is 23.1. The zero-order valence-electron chi connectivity index (χ0n) is 20.5. The van der Waals surface area contributed by atoms with Crippen molar-refractivity contribution in [3.05, 3.63) is 45.5 Å². The number of hydrogen-bond donors (Lipinski definition) is 1. The Kier molecular flexibility index (Phi) is 6.60. The fraction of sp³-hybridized carbons (Fsp3) is 0.593. The van der Waals surface area contributed by atoms with Gasteiger partial charge in [0, 0.05) is 54.8 Å². The summed E-state index contributed by atoms with van der Waals surface area (Å²) in [6.45, 7) is 4.17. The smallest absolute Gasteiger partial charge is 0.251 e. The third kappa shape index (κ3) is 5.15. The second kappa shape index (κ2) is 9.99. The van der Waals surface area contributed by atoms with Gasteiger partial charge in [0.15, 0.2) is 0 Å². The van der Waals surface area contributed by atoms with Crippen molar-refractivity contribution < 1.29 is 9.53 Å². The number of carbonyl (C=O) groups excluding carboxylic acids is 1. The highest BCUT2D eigenvalue weighted by molar-refractivity contribution is 7.11. The molecule has 1 aliphatic carbocycles. The molecular weight excluding hydrogens is 458 g/mol. The lowest BCUT2D eigenvalue weighted by Crippen LogP contribution is -2.38. The van der Waals surface area contributed by atoms with Crippen LogP contribution in [-0.4, -0.2) is 51.3 Å². The van der Waals surface area contributed by atoms with Gasteiger partial charge >= 0.3 is 0 Å². The van der Waals surface area contributed by atoms with Gasteiger partial charge in [-0.2, -0.15) is 5.10 Å². The van der Waals surface area contributed by atoms with Gasteiger partial charge in [0.1, 0.15) is 11.1 Å². The second-order valence-electron chi connectivity index (χ2n) is 10.5. The number of amides is 1. The Morgan fingerprint density at radius 1 is 1.23 bits per heavy atom. The van der Waals surface area contributed by atoms with Gasteiger partial charge in [-0.05, 0) is 76.0 Å². The number of carbonyl (C=O) groups is 1. The standard InChI is InChI=1S/C27H35N5O2S/c1-31-16-20-7-6-19(15-22(20)30-31)26(33)28-21-8-4-18(5-9-21)10-12-32-13-11-25-23(17-32)29-27(35-25)24-3-2-14-34-24/h6-7,15-16,18,21,24H,2-5,8-14,17H2,1H3,(H,28,33). The number of ether oxygens (including phenoxy) is 1. The van der Waals surface area contributed by atoms with Crippen LogP contribution < -0.4 is 5.32 Å². The minimum Gasteiger partial charge on any atom is -0.371 e. The highest BCUT2D eigenvalue weighted by Crippen LogP contribution is 2.35. The maximum Gasteiger partial charge on any atom is 0.251 e. The van der Waals surface area contributed by atoms with E-state index < -0.39 is 0 Å². The summed E-state index contributed by atoms with van der Waals surface area (Å²) in [6, 6.07) is 6.06. The van der Waals surface area contributed by atoms with Crippen LogP contribution in [0.4, 0.5) is 0 Å². The zero-order valence-corrected chi connectivity index (χ0v) is 21.4. The maximum absolute atomic E-state index is 12.8. The van der Waals surface area contributed by atoms with Crippen LogP contribution in [0.15, 0.2) is 24.4 Å². The van der Waals surface area contributed by atoms with E-state index in [9.17, 15) is 4.79 Å². The van der Waals surface area contributed by atoms with E-state index in [2.05, 4.69) is 15.3 Å². The lowest BCUT2D eigenvalue weighted by molar-refractivity contribution is 0.0919. The maximum atomic E-state index is 12.8. The van der Waals surface area contributed by atoms with Crippen molar-refractivity contribution in [2.75, 3.05) is 19.7 Å². The van der Waals surface area contributed by atoms with E-state index >= 15 is 0 Å². The molecule has 3 aromatic rings. The molecule has 2 fully saturated rings. The Morgan fingerprint density at radius 3 is 2.94 bits per heavy atom. The first-order valence-electron chi connectivity index (χ1n) is 13.2. The number of benzene rings is 1. The van der Waals surface area contributed by atoms with Crippen molar-refractivity contribution >= 4 is 28.1 Å². The number of rotatable bonds is 6. The van der Waals surface area contributed by atoms with Crippen molar-refractivity contribution in [1.29, 1.82) is 0 Å². The van der Waals surface area contributed by atoms with Crippen molar-refractivity contribution in [2.24, 2.45) is 13.0 Å². The first-order chi connectivity index (χ1) is 17.1. The van der Waals surface area contributed by atoms with E-state index in [-0.39, 0.29) is 18.1 Å². The first-order valence-corrected chi connectivity index (χ1v) is 14.0. The number of aromatic nitrogens is 3. The van der Waals surface area contributed by atoms with E-state index in [4.69, 9.17) is 9.72 Å². The van der Waals surface area contributed by atoms with E-state index in [0.717, 1.165) is 75.2 Å². The van der Waals surface area contributed by atoms with Crippen LogP contribution in [0.1, 0.15) is 77.0 Å². The van der Waals surface area contributed by atoms with Gasteiger partial charge in [0.05, 0.1) is 11.2 Å². The highest BCUT2D eigenvalue weighted by Gasteiger charge is 2.28. The summed E-state index contributed by atoms with van der Waals surface area (Å²) in [6.07, 6.45) is 11.4. The minimum atomic E-state index is 0.0239. The topological polar surface area (TPSA) is 72.3 Å². The van der Waals surface area contributed by atoms with E-state index in [0.29, 0.717) is 5.56 Å². The van der Waals surface area contributed by atoms with Crippen molar-refractivity contribution in [3.8, 4) is 0 Å². The fourth-order valence-electron chi connectivity index (χ4n) is 5.88. The number of thiazole rings is 1. The lowest BCUT2D eigenvalue weighted by atomic mass is 9.84. The molecule has 1 saturated carbocycles. The second-order valence-corrected chi connectivity index (χ2v) is 11.6. The van der Waals surface area contributed by atoms with Crippen LogP contribution >= 0.6 is 11.3 Å². The molecule has 4 heterocycles. The predicted octanol–water partition coefficient (Wildman–Crippen LogP) is 4.62. The Bertz CT molecular complexity index is 1190. The van der Waals surface area contributed by atoms with Crippen molar-refractivity contribution in [2.45, 2.75) is 70.1 Å². The molecule has 35 heavy (non-hydrogen) atoms. The average Bonchev–Trinajstić information content (AvgIpc) is 3.61. The molecule has 1 amide bonds. The molecule has 7 nitrogen and oxygen atoms in total. The zero-order chi connectivity index (χ0) is 23.8. The Morgan fingerprint density at radius 2 is 2.11 bits per heavy atom. The molecule has 2 aliphatic heterocycles. The summed E-state index contributed by atoms with van der Waals surface area (Å²) in [5.74, 6) is 0.781. The van der Waals surface area contributed by atoms with Gasteiger partial charge in [-0.3, -0.25) is 14.4 Å². The van der Waals surface area contributed by atoms with Gasteiger partial charge in [-0.25, -0.2) is 4.98 Å². The summed E-state index contributed by atoms with van der Waals surface area (Å²) in [5.41, 5.74) is 2.86. The minimum absolute atomic E-state index is 0.0239. The number of nitrogens with zero attached hydrogens (tertiary/aromatic N) is 4. The van der Waals surface area contributed by atoms with E-state index in [1.165, 1.54) is 34.8 Å². The predicted molar refractivity (Wildman–Crippen MR) is 138 cm³/mol. The molecule has 3 aliphatic rings. The summed E-state index contributed by atoms with van der Waals surface area (Å²) < 4.78 is 7.64. The van der Waals surface area contributed by atoms with E-state index in [1.54, 1.807) is 4.68 Å².